The summed E-state index contributed by atoms with van der Waals surface area (Å²) < 4.78 is 16.8. The van der Waals surface area contributed by atoms with Crippen LogP contribution in [0.1, 0.15) is 239 Å². The number of hydrogen-bond acceptors (Lipinski definition) is 6. The first-order valence-corrected chi connectivity index (χ1v) is 30.0. The van der Waals surface area contributed by atoms with E-state index in [1.54, 1.807) is 0 Å². The fraction of sp³-hybridized carbons (Fsp3) is 0.580. The van der Waals surface area contributed by atoms with E-state index < -0.39 is 6.10 Å². The highest BCUT2D eigenvalue weighted by Crippen LogP contribution is 2.14. The van der Waals surface area contributed by atoms with Crippen molar-refractivity contribution < 1.29 is 28.6 Å². The van der Waals surface area contributed by atoms with E-state index in [0.29, 0.717) is 19.3 Å². The van der Waals surface area contributed by atoms with Gasteiger partial charge in [0.15, 0.2) is 6.10 Å². The normalized spacial score (nSPS) is 13.3. The molecule has 0 bridgehead atoms. The molecule has 0 aliphatic carbocycles. The number of allylic oxidation sites excluding steroid dienone is 26. The van der Waals surface area contributed by atoms with E-state index in [-0.39, 0.29) is 44.0 Å². The molecule has 0 N–H and O–H groups in total. The van der Waals surface area contributed by atoms with Gasteiger partial charge in [-0.2, -0.15) is 0 Å². The molecular weight excluding hydrogens is 925 g/mol. The average molecular weight is 1030 g/mol. The van der Waals surface area contributed by atoms with Gasteiger partial charge in [0.2, 0.25) is 0 Å². The second kappa shape index (κ2) is 61.6. The molecule has 0 rings (SSSR count). The summed E-state index contributed by atoms with van der Waals surface area (Å²) in [6, 6.07) is 0. The summed E-state index contributed by atoms with van der Waals surface area (Å²) in [4.78, 5) is 38.2. The lowest BCUT2D eigenvalue weighted by Crippen LogP contribution is -2.30. The molecule has 0 saturated carbocycles. The van der Waals surface area contributed by atoms with E-state index in [9.17, 15) is 14.4 Å². The Morgan fingerprint density at radius 1 is 0.280 bits per heavy atom. The van der Waals surface area contributed by atoms with Crippen LogP contribution in [0.4, 0.5) is 0 Å². The standard InChI is InChI=1S/C69H108O6/c1-4-7-10-13-16-19-22-25-27-29-31-33-34-36-37-39-41-44-47-50-53-56-59-62-68(71)74-65-66(64-73-67(70)61-58-55-52-49-46-43-24-21-18-15-12-9-6-3)75-69(72)63-60-57-54-51-48-45-42-40-38-35-32-30-28-26-23-20-17-14-11-8-5-2/h7-8,10-11,16-17,19-20,25-28,31-33,35-37,40-42,44,48,50-51,53,66H,4-6,9,12-15,18,21-24,29-30,34,38-39,43,45-47,49,52,54-65H2,1-3H3/b10-7-,11-8-,19-16-,20-17-,27-25-,28-26-,33-31-,35-32-,37-36-,42-40-,44-41-,51-48-,53-50-. The van der Waals surface area contributed by atoms with Gasteiger partial charge in [0.25, 0.3) is 0 Å². The first-order chi connectivity index (χ1) is 37.0. The second-order valence-corrected chi connectivity index (χ2v) is 19.1. The van der Waals surface area contributed by atoms with Gasteiger partial charge < -0.3 is 14.2 Å². The number of rotatable bonds is 52. The van der Waals surface area contributed by atoms with Crippen molar-refractivity contribution in [3.63, 3.8) is 0 Å². The molecule has 1 atom stereocenters. The molecule has 0 aliphatic rings. The van der Waals surface area contributed by atoms with Crippen LogP contribution in [0.25, 0.3) is 0 Å². The van der Waals surface area contributed by atoms with Crippen LogP contribution in [-0.4, -0.2) is 37.2 Å². The van der Waals surface area contributed by atoms with Gasteiger partial charge in [0, 0.05) is 19.3 Å². The molecule has 0 spiro atoms. The van der Waals surface area contributed by atoms with Gasteiger partial charge in [0.1, 0.15) is 13.2 Å². The Hall–Kier alpha value is -4.97. The highest BCUT2D eigenvalue weighted by Gasteiger charge is 2.19. The van der Waals surface area contributed by atoms with E-state index in [1.165, 1.54) is 64.2 Å². The molecule has 420 valence electrons. The van der Waals surface area contributed by atoms with Crippen molar-refractivity contribution in [3.8, 4) is 0 Å². The summed E-state index contributed by atoms with van der Waals surface area (Å²) in [5.41, 5.74) is 0. The molecular formula is C69H108O6. The Morgan fingerprint density at radius 3 is 0.867 bits per heavy atom. The van der Waals surface area contributed by atoms with Gasteiger partial charge in [-0.05, 0) is 122 Å². The van der Waals surface area contributed by atoms with Crippen molar-refractivity contribution in [1.82, 2.24) is 0 Å². The number of carbonyl (C=O) groups excluding carboxylic acids is 3. The largest absolute Gasteiger partial charge is 0.462 e. The van der Waals surface area contributed by atoms with Crippen molar-refractivity contribution in [3.05, 3.63) is 158 Å². The van der Waals surface area contributed by atoms with Crippen LogP contribution in [0.2, 0.25) is 0 Å². The van der Waals surface area contributed by atoms with Crippen molar-refractivity contribution in [2.75, 3.05) is 13.2 Å². The predicted molar refractivity (Wildman–Crippen MR) is 325 cm³/mol. The molecule has 1 unspecified atom stereocenters. The van der Waals surface area contributed by atoms with Gasteiger partial charge in [-0.1, -0.05) is 256 Å². The Morgan fingerprint density at radius 2 is 0.533 bits per heavy atom. The summed E-state index contributed by atoms with van der Waals surface area (Å²) in [6.07, 6.45) is 89.6. The molecule has 0 radical (unpaired) electrons. The van der Waals surface area contributed by atoms with E-state index in [4.69, 9.17) is 14.2 Å². The molecule has 0 aliphatic heterocycles. The van der Waals surface area contributed by atoms with E-state index in [1.807, 2.05) is 0 Å². The fourth-order valence-electron chi connectivity index (χ4n) is 7.61. The van der Waals surface area contributed by atoms with Crippen molar-refractivity contribution in [2.45, 2.75) is 245 Å². The van der Waals surface area contributed by atoms with Crippen LogP contribution in [0, 0.1) is 0 Å². The molecule has 0 aromatic heterocycles. The Kier molecular flexibility index (Phi) is 57.5. The Balaban J connectivity index is 4.57. The van der Waals surface area contributed by atoms with Crippen LogP contribution >= 0.6 is 0 Å². The number of unbranched alkanes of at least 4 members (excludes halogenated alkanes) is 15. The third kappa shape index (κ3) is 59.8. The summed E-state index contributed by atoms with van der Waals surface area (Å²) in [5.74, 6) is -1.03. The average Bonchev–Trinajstić information content (AvgIpc) is 3.41. The van der Waals surface area contributed by atoms with Crippen LogP contribution < -0.4 is 0 Å². The van der Waals surface area contributed by atoms with Gasteiger partial charge in [0.05, 0.1) is 0 Å². The van der Waals surface area contributed by atoms with Gasteiger partial charge >= 0.3 is 17.9 Å². The van der Waals surface area contributed by atoms with Gasteiger partial charge in [-0.15, -0.1) is 0 Å². The predicted octanol–water partition coefficient (Wildman–Crippen LogP) is 20.5. The zero-order valence-corrected chi connectivity index (χ0v) is 48.0. The first kappa shape index (κ1) is 70.0. The minimum Gasteiger partial charge on any atom is -0.462 e. The molecule has 0 amide bonds. The molecule has 0 heterocycles. The summed E-state index contributed by atoms with van der Waals surface area (Å²) >= 11 is 0. The molecule has 6 nitrogen and oxygen atoms in total. The summed E-state index contributed by atoms with van der Waals surface area (Å²) in [7, 11) is 0. The minimum absolute atomic E-state index is 0.119. The smallest absolute Gasteiger partial charge is 0.306 e. The van der Waals surface area contributed by atoms with Crippen LogP contribution in [-0.2, 0) is 28.6 Å². The zero-order chi connectivity index (χ0) is 54.3. The lowest BCUT2D eigenvalue weighted by molar-refractivity contribution is -0.167. The summed E-state index contributed by atoms with van der Waals surface area (Å²) in [5, 5.41) is 0. The van der Waals surface area contributed by atoms with Crippen LogP contribution in [0.3, 0.4) is 0 Å². The number of carbonyl (C=O) groups is 3. The van der Waals surface area contributed by atoms with Crippen molar-refractivity contribution in [1.29, 1.82) is 0 Å². The van der Waals surface area contributed by atoms with E-state index in [2.05, 4.69) is 179 Å². The van der Waals surface area contributed by atoms with Crippen LogP contribution in [0.5, 0.6) is 0 Å². The van der Waals surface area contributed by atoms with E-state index in [0.717, 1.165) is 122 Å². The van der Waals surface area contributed by atoms with Crippen molar-refractivity contribution >= 4 is 17.9 Å². The molecule has 0 aromatic rings. The van der Waals surface area contributed by atoms with Crippen LogP contribution in [0.15, 0.2) is 158 Å². The van der Waals surface area contributed by atoms with Gasteiger partial charge in [-0.25, -0.2) is 0 Å². The maximum absolute atomic E-state index is 12.9. The maximum Gasteiger partial charge on any atom is 0.306 e. The van der Waals surface area contributed by atoms with Gasteiger partial charge in [-0.3, -0.25) is 14.4 Å². The Bertz CT molecular complexity index is 1710. The zero-order valence-electron chi connectivity index (χ0n) is 48.0. The highest BCUT2D eigenvalue weighted by atomic mass is 16.6. The third-order valence-corrected chi connectivity index (χ3v) is 12.0. The first-order valence-electron chi connectivity index (χ1n) is 30.0. The third-order valence-electron chi connectivity index (χ3n) is 12.0. The van der Waals surface area contributed by atoms with E-state index >= 15 is 0 Å². The minimum atomic E-state index is -0.832. The molecule has 75 heavy (non-hydrogen) atoms. The molecule has 0 fully saturated rings. The molecule has 0 aromatic carbocycles. The summed E-state index contributed by atoms with van der Waals surface area (Å²) in [6.45, 7) is 6.32. The topological polar surface area (TPSA) is 78.9 Å². The monoisotopic (exact) mass is 1030 g/mol. The maximum atomic E-state index is 12.9. The Labute approximate surface area is 460 Å². The SMILES string of the molecule is CC/C=C\C/C=C\C/C=C\C/C=C\C/C=C\C/C=C\C/C=C\CCCC(=O)OCC(COC(=O)CCCCCCCCCCCCCCC)OC(=O)CCCC/C=C\C/C=C\C/C=C\C/C=C\C/C=C\C/C=C\CC. The fourth-order valence-corrected chi connectivity index (χ4v) is 7.61. The number of hydrogen-bond donors (Lipinski definition) is 0. The molecule has 0 saturated heterocycles. The second-order valence-electron chi connectivity index (χ2n) is 19.1. The lowest BCUT2D eigenvalue weighted by atomic mass is 10.0. The number of ether oxygens (including phenoxy) is 3. The lowest BCUT2D eigenvalue weighted by Gasteiger charge is -2.18. The highest BCUT2D eigenvalue weighted by molar-refractivity contribution is 5.71. The number of esters is 3. The van der Waals surface area contributed by atoms with Crippen molar-refractivity contribution in [2.24, 2.45) is 0 Å². The quantitative estimate of drug-likeness (QED) is 0.0261. The molecule has 6 heteroatoms.